The highest BCUT2D eigenvalue weighted by Crippen LogP contribution is 2.42. The fourth-order valence-electron chi connectivity index (χ4n) is 6.81. The summed E-state index contributed by atoms with van der Waals surface area (Å²) in [6.07, 6.45) is 13.1. The van der Waals surface area contributed by atoms with Gasteiger partial charge in [-0.25, -0.2) is 0 Å². The van der Waals surface area contributed by atoms with Crippen LogP contribution in [0.5, 0.6) is 0 Å². The molecule has 3 unspecified atom stereocenters. The summed E-state index contributed by atoms with van der Waals surface area (Å²) in [5, 5.41) is 17.2. The zero-order valence-corrected chi connectivity index (χ0v) is 22.1. The summed E-state index contributed by atoms with van der Waals surface area (Å²) in [6.45, 7) is 9.86. The number of aryl methyl sites for hydroxylation is 1. The predicted molar refractivity (Wildman–Crippen MR) is 133 cm³/mol. The summed E-state index contributed by atoms with van der Waals surface area (Å²) >= 11 is 0. The molecule has 0 saturated heterocycles. The van der Waals surface area contributed by atoms with E-state index in [-0.39, 0.29) is 0 Å². The quantitative estimate of drug-likeness (QED) is 0.420. The van der Waals surface area contributed by atoms with Crippen LogP contribution < -0.4 is 0 Å². The van der Waals surface area contributed by atoms with Gasteiger partial charge >= 0.3 is 0 Å². The van der Waals surface area contributed by atoms with E-state index >= 15 is 0 Å². The van der Waals surface area contributed by atoms with Crippen LogP contribution in [0.25, 0.3) is 0 Å². The maximum Gasteiger partial charge on any atom is 0.219 e. The molecule has 2 aromatic heterocycles. The van der Waals surface area contributed by atoms with Crippen molar-refractivity contribution in [3.63, 3.8) is 0 Å². The van der Waals surface area contributed by atoms with Crippen molar-refractivity contribution in [1.82, 2.24) is 20.4 Å². The van der Waals surface area contributed by atoms with Crippen LogP contribution in [0, 0.1) is 30.6 Å². The molecule has 0 amide bonds. The molecule has 2 aromatic rings. The van der Waals surface area contributed by atoms with Crippen LogP contribution in [0.4, 0.5) is 0 Å². The minimum atomic E-state index is 0.315. The molecule has 0 spiro atoms. The Bertz CT molecular complexity index is 924. The number of nitrogens with zero attached hydrogens (tertiary/aromatic N) is 4. The zero-order chi connectivity index (χ0) is 24.4. The van der Waals surface area contributed by atoms with Crippen molar-refractivity contribution in [2.24, 2.45) is 23.7 Å². The molecule has 7 heteroatoms. The zero-order valence-electron chi connectivity index (χ0n) is 22.1. The molecule has 3 aliphatic rings. The Morgan fingerprint density at radius 3 is 1.94 bits per heavy atom. The normalized spacial score (nSPS) is 34.4. The first-order valence-electron chi connectivity index (χ1n) is 14.2. The topological polar surface area (TPSA) is 87.1 Å². The van der Waals surface area contributed by atoms with E-state index in [4.69, 9.17) is 13.6 Å². The van der Waals surface area contributed by atoms with Crippen molar-refractivity contribution in [3.8, 4) is 0 Å². The van der Waals surface area contributed by atoms with Gasteiger partial charge in [0.15, 0.2) is 0 Å². The van der Waals surface area contributed by atoms with Crippen molar-refractivity contribution >= 4 is 0 Å². The lowest BCUT2D eigenvalue weighted by Crippen LogP contribution is -2.29. The average Bonchev–Trinajstić information content (AvgIpc) is 3.52. The van der Waals surface area contributed by atoms with E-state index in [9.17, 15) is 0 Å². The van der Waals surface area contributed by atoms with E-state index in [1.54, 1.807) is 0 Å². The van der Waals surface area contributed by atoms with Crippen LogP contribution >= 0.6 is 0 Å². The van der Waals surface area contributed by atoms with Gasteiger partial charge < -0.3 is 13.6 Å². The lowest BCUT2D eigenvalue weighted by Gasteiger charge is -2.34. The molecule has 35 heavy (non-hydrogen) atoms. The molecule has 0 aromatic carbocycles. The van der Waals surface area contributed by atoms with Gasteiger partial charge in [0.2, 0.25) is 23.6 Å². The molecule has 3 atom stereocenters. The van der Waals surface area contributed by atoms with Gasteiger partial charge in [-0.2, -0.15) is 0 Å². The third-order valence-electron chi connectivity index (χ3n) is 9.07. The third kappa shape index (κ3) is 6.15. The van der Waals surface area contributed by atoms with E-state index in [0.29, 0.717) is 35.7 Å². The van der Waals surface area contributed by atoms with Crippen molar-refractivity contribution in [2.45, 2.75) is 122 Å². The Morgan fingerprint density at radius 1 is 0.743 bits per heavy atom. The number of aromatic nitrogens is 4. The average molecular weight is 485 g/mol. The highest BCUT2D eigenvalue weighted by molar-refractivity contribution is 5.03. The predicted octanol–water partition coefficient (Wildman–Crippen LogP) is 6.95. The molecule has 0 N–H and O–H groups in total. The first-order valence-corrected chi connectivity index (χ1v) is 14.2. The van der Waals surface area contributed by atoms with Crippen LogP contribution in [0.2, 0.25) is 0 Å². The third-order valence-corrected chi connectivity index (χ3v) is 9.07. The smallest absolute Gasteiger partial charge is 0.219 e. The maximum atomic E-state index is 6.51. The number of rotatable bonds is 7. The Kier molecular flexibility index (Phi) is 7.90. The van der Waals surface area contributed by atoms with Gasteiger partial charge in [0.05, 0.1) is 6.10 Å². The minimum Gasteiger partial charge on any atom is -0.425 e. The molecule has 7 nitrogen and oxygen atoms in total. The second-order valence-electron chi connectivity index (χ2n) is 12.2. The van der Waals surface area contributed by atoms with Gasteiger partial charge in [-0.3, -0.25) is 0 Å². The van der Waals surface area contributed by atoms with E-state index < -0.39 is 0 Å². The van der Waals surface area contributed by atoms with Gasteiger partial charge in [-0.1, -0.05) is 20.8 Å². The summed E-state index contributed by atoms with van der Waals surface area (Å²) in [4.78, 5) is 0. The lowest BCUT2D eigenvalue weighted by molar-refractivity contribution is -0.0199. The molecule has 5 rings (SSSR count). The standard InChI is InChI=1S/C28H44N4O3/c1-17(2)21-7-5-20(6-8-21)16-33-25-14-18(3)13-24(15-25)28-32-31-27(35-28)23-11-9-22(10-12-23)26-30-29-19(4)34-26/h17-18,20-25H,5-16H2,1-4H3. The summed E-state index contributed by atoms with van der Waals surface area (Å²) < 4.78 is 18.5. The highest BCUT2D eigenvalue weighted by atomic mass is 16.5. The lowest BCUT2D eigenvalue weighted by atomic mass is 9.77. The summed E-state index contributed by atoms with van der Waals surface area (Å²) in [7, 11) is 0. The molecule has 3 saturated carbocycles. The first kappa shape index (κ1) is 24.9. The largest absolute Gasteiger partial charge is 0.425 e. The van der Waals surface area contributed by atoms with E-state index in [1.807, 2.05) is 6.92 Å². The number of ether oxygens (including phenoxy) is 1. The second kappa shape index (κ2) is 11.1. The SMILES string of the molecule is Cc1nnc(C2CCC(c3nnc(C4CC(C)CC(OCC5CCC(C(C)C)CC5)C4)o3)CC2)o1. The van der Waals surface area contributed by atoms with Gasteiger partial charge in [0, 0.05) is 31.3 Å². The Labute approximate surface area is 210 Å². The van der Waals surface area contributed by atoms with Crippen molar-refractivity contribution in [3.05, 3.63) is 23.6 Å². The second-order valence-corrected chi connectivity index (χ2v) is 12.2. The van der Waals surface area contributed by atoms with Crippen molar-refractivity contribution in [2.75, 3.05) is 6.61 Å². The number of hydrogen-bond acceptors (Lipinski definition) is 7. The van der Waals surface area contributed by atoms with Gasteiger partial charge in [-0.15, -0.1) is 20.4 Å². The summed E-state index contributed by atoms with van der Waals surface area (Å²) in [5.41, 5.74) is 0. The summed E-state index contributed by atoms with van der Waals surface area (Å²) in [5.74, 6) is 7.17. The Hall–Kier alpha value is -1.76. The molecule has 3 fully saturated rings. The molecule has 0 bridgehead atoms. The fraction of sp³-hybridized carbons (Fsp3) is 0.857. The monoisotopic (exact) mass is 484 g/mol. The molecular weight excluding hydrogens is 440 g/mol. The van der Waals surface area contributed by atoms with Crippen LogP contribution in [0.15, 0.2) is 8.83 Å². The molecule has 2 heterocycles. The minimum absolute atomic E-state index is 0.315. The fourth-order valence-corrected chi connectivity index (χ4v) is 6.81. The Morgan fingerprint density at radius 2 is 1.34 bits per heavy atom. The van der Waals surface area contributed by atoms with E-state index in [0.717, 1.165) is 87.0 Å². The van der Waals surface area contributed by atoms with Crippen LogP contribution in [-0.2, 0) is 4.74 Å². The molecular formula is C28H44N4O3. The first-order chi connectivity index (χ1) is 16.9. The van der Waals surface area contributed by atoms with Crippen LogP contribution in [-0.4, -0.2) is 33.1 Å². The van der Waals surface area contributed by atoms with Gasteiger partial charge in [-0.05, 0) is 94.3 Å². The maximum absolute atomic E-state index is 6.51. The summed E-state index contributed by atoms with van der Waals surface area (Å²) in [6, 6.07) is 0. The van der Waals surface area contributed by atoms with Crippen molar-refractivity contribution in [1.29, 1.82) is 0 Å². The van der Waals surface area contributed by atoms with E-state index in [1.165, 1.54) is 25.7 Å². The number of hydrogen-bond donors (Lipinski definition) is 0. The van der Waals surface area contributed by atoms with E-state index in [2.05, 4.69) is 41.2 Å². The molecule has 3 aliphatic carbocycles. The van der Waals surface area contributed by atoms with Crippen LogP contribution in [0.1, 0.15) is 133 Å². The highest BCUT2D eigenvalue weighted by Gasteiger charge is 2.34. The Balaban J connectivity index is 1.11. The molecule has 0 aliphatic heterocycles. The van der Waals surface area contributed by atoms with Crippen LogP contribution in [0.3, 0.4) is 0 Å². The molecule has 0 radical (unpaired) electrons. The van der Waals surface area contributed by atoms with Gasteiger partial charge in [0.1, 0.15) is 0 Å². The van der Waals surface area contributed by atoms with Gasteiger partial charge in [0.25, 0.3) is 0 Å². The molecule has 194 valence electrons. The van der Waals surface area contributed by atoms with Crippen molar-refractivity contribution < 1.29 is 13.6 Å².